The van der Waals surface area contributed by atoms with Gasteiger partial charge >= 0.3 is 0 Å². The quantitative estimate of drug-likeness (QED) is 0.879. The highest BCUT2D eigenvalue weighted by Crippen LogP contribution is 2.20. The van der Waals surface area contributed by atoms with Crippen LogP contribution in [0, 0.1) is 5.82 Å². The highest BCUT2D eigenvalue weighted by molar-refractivity contribution is 6.31. The second-order valence-electron chi connectivity index (χ2n) is 4.83. The van der Waals surface area contributed by atoms with Crippen LogP contribution in [0.3, 0.4) is 0 Å². The molecule has 0 aliphatic carbocycles. The molecule has 0 saturated carbocycles. The average molecular weight is 293 g/mol. The summed E-state index contributed by atoms with van der Waals surface area (Å²) in [5.41, 5.74) is 2.05. The number of nitrogens with one attached hydrogen (secondary N) is 1. The second kappa shape index (κ2) is 7.36. The third-order valence-corrected chi connectivity index (χ3v) is 3.76. The highest BCUT2D eigenvalue weighted by atomic mass is 35.5. The lowest BCUT2D eigenvalue weighted by atomic mass is 9.99. The summed E-state index contributed by atoms with van der Waals surface area (Å²) in [5.74, 6) is -0.244. The molecule has 2 rings (SSSR count). The fraction of sp³-hybridized carbons (Fsp3) is 0.312. The maximum atomic E-state index is 13.3. The Morgan fingerprint density at radius 3 is 2.90 bits per heavy atom. The Labute approximate surface area is 124 Å². The fourth-order valence-electron chi connectivity index (χ4n) is 2.20. The summed E-state index contributed by atoms with van der Waals surface area (Å²) in [6, 6.07) is 8.77. The van der Waals surface area contributed by atoms with Gasteiger partial charge in [-0.2, -0.15) is 0 Å². The minimum Gasteiger partial charge on any atom is -0.317 e. The molecule has 0 radical (unpaired) electrons. The lowest BCUT2D eigenvalue weighted by Gasteiger charge is -2.17. The van der Waals surface area contributed by atoms with E-state index in [2.05, 4.69) is 16.4 Å². The lowest BCUT2D eigenvalue weighted by molar-refractivity contribution is 0.518. The first kappa shape index (κ1) is 14.9. The van der Waals surface area contributed by atoms with E-state index in [9.17, 15) is 4.39 Å². The topological polar surface area (TPSA) is 24.9 Å². The van der Waals surface area contributed by atoms with E-state index >= 15 is 0 Å². The highest BCUT2D eigenvalue weighted by Gasteiger charge is 2.11. The van der Waals surface area contributed by atoms with Crippen molar-refractivity contribution in [3.8, 4) is 0 Å². The Morgan fingerprint density at radius 2 is 2.20 bits per heavy atom. The standard InChI is InChI=1S/C16H18ClFN2/c1-19-15(6-4-12-3-2-8-20-11-12)10-13-9-14(18)5-7-16(13)17/h2-3,5,7-9,11,15,19H,4,6,10H2,1H3. The Morgan fingerprint density at radius 1 is 1.35 bits per heavy atom. The second-order valence-corrected chi connectivity index (χ2v) is 5.23. The number of halogens is 2. The van der Waals surface area contributed by atoms with Crippen LogP contribution in [-0.4, -0.2) is 18.1 Å². The lowest BCUT2D eigenvalue weighted by Crippen LogP contribution is -2.28. The zero-order chi connectivity index (χ0) is 14.4. The molecule has 1 heterocycles. The smallest absolute Gasteiger partial charge is 0.123 e. The van der Waals surface area contributed by atoms with Crippen LogP contribution in [0.25, 0.3) is 0 Å². The molecule has 0 amide bonds. The number of hydrogen-bond donors (Lipinski definition) is 1. The molecule has 0 fully saturated rings. The molecule has 0 spiro atoms. The van der Waals surface area contributed by atoms with Gasteiger partial charge in [-0.25, -0.2) is 4.39 Å². The number of aryl methyl sites for hydroxylation is 1. The number of aromatic nitrogens is 1. The van der Waals surface area contributed by atoms with Crippen LogP contribution < -0.4 is 5.32 Å². The van der Waals surface area contributed by atoms with E-state index in [1.54, 1.807) is 12.3 Å². The SMILES string of the molecule is CNC(CCc1cccnc1)Cc1cc(F)ccc1Cl. The molecular weight excluding hydrogens is 275 g/mol. The Bertz CT molecular complexity index is 545. The van der Waals surface area contributed by atoms with E-state index in [-0.39, 0.29) is 11.9 Å². The zero-order valence-corrected chi connectivity index (χ0v) is 12.2. The van der Waals surface area contributed by atoms with Crippen molar-refractivity contribution >= 4 is 11.6 Å². The van der Waals surface area contributed by atoms with Crippen LogP contribution in [0.1, 0.15) is 17.5 Å². The molecule has 1 N–H and O–H groups in total. The van der Waals surface area contributed by atoms with Crippen molar-refractivity contribution in [1.82, 2.24) is 10.3 Å². The van der Waals surface area contributed by atoms with Crippen LogP contribution in [0.4, 0.5) is 4.39 Å². The molecule has 2 aromatic rings. The first-order chi connectivity index (χ1) is 9.69. The minimum atomic E-state index is -0.244. The molecule has 0 saturated heterocycles. The van der Waals surface area contributed by atoms with Crippen molar-refractivity contribution in [1.29, 1.82) is 0 Å². The Kier molecular flexibility index (Phi) is 5.50. The minimum absolute atomic E-state index is 0.244. The molecule has 0 aliphatic heterocycles. The number of hydrogen-bond acceptors (Lipinski definition) is 2. The first-order valence-electron chi connectivity index (χ1n) is 6.69. The van der Waals surface area contributed by atoms with Gasteiger partial charge in [-0.05, 0) is 61.7 Å². The Hall–Kier alpha value is -1.45. The van der Waals surface area contributed by atoms with Gasteiger partial charge in [-0.3, -0.25) is 4.98 Å². The number of likely N-dealkylation sites (N-methyl/N-ethyl adjacent to an activating group) is 1. The van der Waals surface area contributed by atoms with Gasteiger partial charge in [-0.1, -0.05) is 17.7 Å². The molecule has 106 valence electrons. The predicted molar refractivity (Wildman–Crippen MR) is 80.5 cm³/mol. The molecule has 0 aliphatic rings. The number of nitrogens with zero attached hydrogens (tertiary/aromatic N) is 1. The van der Waals surface area contributed by atoms with E-state index in [1.165, 1.54) is 17.7 Å². The van der Waals surface area contributed by atoms with Crippen LogP contribution in [0.5, 0.6) is 0 Å². The van der Waals surface area contributed by atoms with Crippen molar-refractivity contribution in [2.24, 2.45) is 0 Å². The molecule has 2 nitrogen and oxygen atoms in total. The molecule has 1 unspecified atom stereocenters. The van der Waals surface area contributed by atoms with Crippen molar-refractivity contribution in [2.75, 3.05) is 7.05 Å². The maximum absolute atomic E-state index is 13.3. The zero-order valence-electron chi connectivity index (χ0n) is 11.4. The van der Waals surface area contributed by atoms with Crippen LogP contribution in [-0.2, 0) is 12.8 Å². The van der Waals surface area contributed by atoms with E-state index in [4.69, 9.17) is 11.6 Å². The van der Waals surface area contributed by atoms with Crippen molar-refractivity contribution in [3.63, 3.8) is 0 Å². The molecular formula is C16H18ClFN2. The van der Waals surface area contributed by atoms with Gasteiger partial charge in [0.25, 0.3) is 0 Å². The summed E-state index contributed by atoms with van der Waals surface area (Å²) < 4.78 is 13.3. The molecule has 1 aromatic heterocycles. The van der Waals surface area contributed by atoms with Crippen LogP contribution in [0.2, 0.25) is 5.02 Å². The molecule has 0 bridgehead atoms. The maximum Gasteiger partial charge on any atom is 0.123 e. The largest absolute Gasteiger partial charge is 0.317 e. The van der Waals surface area contributed by atoms with Crippen LogP contribution >= 0.6 is 11.6 Å². The summed E-state index contributed by atoms with van der Waals surface area (Å²) in [4.78, 5) is 4.11. The molecule has 1 atom stereocenters. The Balaban J connectivity index is 1.97. The van der Waals surface area contributed by atoms with Crippen molar-refractivity contribution < 1.29 is 4.39 Å². The molecule has 1 aromatic carbocycles. The van der Waals surface area contributed by atoms with Gasteiger partial charge in [0.15, 0.2) is 0 Å². The van der Waals surface area contributed by atoms with Gasteiger partial charge < -0.3 is 5.32 Å². The van der Waals surface area contributed by atoms with Gasteiger partial charge in [0.1, 0.15) is 5.82 Å². The van der Waals surface area contributed by atoms with Gasteiger partial charge in [0, 0.05) is 23.5 Å². The van der Waals surface area contributed by atoms with Crippen molar-refractivity contribution in [2.45, 2.75) is 25.3 Å². The van der Waals surface area contributed by atoms with E-state index in [0.717, 1.165) is 18.4 Å². The summed E-state index contributed by atoms with van der Waals surface area (Å²) >= 11 is 6.11. The molecule has 20 heavy (non-hydrogen) atoms. The summed E-state index contributed by atoms with van der Waals surface area (Å²) in [7, 11) is 1.92. The van der Waals surface area contributed by atoms with E-state index < -0.39 is 0 Å². The number of benzene rings is 1. The first-order valence-corrected chi connectivity index (χ1v) is 7.07. The average Bonchev–Trinajstić information content (AvgIpc) is 2.48. The van der Waals surface area contributed by atoms with Gasteiger partial charge in [0.05, 0.1) is 0 Å². The molecule has 4 heteroatoms. The third kappa shape index (κ3) is 4.29. The van der Waals surface area contributed by atoms with Crippen LogP contribution in [0.15, 0.2) is 42.7 Å². The number of rotatable bonds is 6. The normalized spacial score (nSPS) is 12.3. The van der Waals surface area contributed by atoms with Gasteiger partial charge in [0.2, 0.25) is 0 Å². The monoisotopic (exact) mass is 292 g/mol. The van der Waals surface area contributed by atoms with E-state index in [0.29, 0.717) is 11.4 Å². The third-order valence-electron chi connectivity index (χ3n) is 3.39. The van der Waals surface area contributed by atoms with E-state index in [1.807, 2.05) is 19.3 Å². The van der Waals surface area contributed by atoms with Crippen molar-refractivity contribution in [3.05, 3.63) is 64.7 Å². The van der Waals surface area contributed by atoms with Gasteiger partial charge in [-0.15, -0.1) is 0 Å². The fourth-order valence-corrected chi connectivity index (χ4v) is 2.40. The summed E-state index contributed by atoms with van der Waals surface area (Å²) in [5, 5.41) is 3.88. The summed E-state index contributed by atoms with van der Waals surface area (Å²) in [6.07, 6.45) is 6.25. The predicted octanol–water partition coefficient (Wildman–Crippen LogP) is 3.64. The summed E-state index contributed by atoms with van der Waals surface area (Å²) in [6.45, 7) is 0. The number of pyridine rings is 1.